The lowest BCUT2D eigenvalue weighted by atomic mass is 10.2. The van der Waals surface area contributed by atoms with Gasteiger partial charge in [-0.1, -0.05) is 26.3 Å². The number of nitrogens with zero attached hydrogens (tertiary/aromatic N) is 1. The van der Waals surface area contributed by atoms with Crippen LogP contribution in [-0.2, 0) is 9.53 Å². The lowest BCUT2D eigenvalue weighted by Gasteiger charge is -2.08. The maximum atomic E-state index is 10.9. The molecule has 178 valence electrons. The van der Waals surface area contributed by atoms with Gasteiger partial charge in [-0.3, -0.25) is 4.99 Å². The second kappa shape index (κ2) is 15.5. The van der Waals surface area contributed by atoms with Crippen molar-refractivity contribution in [1.82, 2.24) is 0 Å². The summed E-state index contributed by atoms with van der Waals surface area (Å²) in [5.74, 6) is 1.20. The van der Waals surface area contributed by atoms with E-state index in [4.69, 9.17) is 14.2 Å². The molecule has 33 heavy (non-hydrogen) atoms. The number of carbonyl (C=O) groups excluding carboxylic acids is 1. The zero-order chi connectivity index (χ0) is 23.7. The van der Waals surface area contributed by atoms with Gasteiger partial charge in [0.2, 0.25) is 0 Å². The quantitative estimate of drug-likeness (QED) is 0.138. The van der Waals surface area contributed by atoms with Crippen LogP contribution in [0.25, 0.3) is 0 Å². The van der Waals surface area contributed by atoms with Crippen molar-refractivity contribution in [2.75, 3.05) is 19.8 Å². The maximum absolute atomic E-state index is 10.9. The molecule has 0 aliphatic heterocycles. The van der Waals surface area contributed by atoms with Gasteiger partial charge in [-0.25, -0.2) is 4.79 Å². The minimum Gasteiger partial charge on any atom is -0.507 e. The third-order valence-electron chi connectivity index (χ3n) is 4.93. The van der Waals surface area contributed by atoms with E-state index in [1.54, 1.807) is 18.3 Å². The third-order valence-corrected chi connectivity index (χ3v) is 4.93. The van der Waals surface area contributed by atoms with Crippen LogP contribution in [0.15, 0.2) is 60.1 Å². The molecule has 1 N–H and O–H groups in total. The highest BCUT2D eigenvalue weighted by molar-refractivity contribution is 5.85. The maximum Gasteiger partial charge on any atom is 0.330 e. The van der Waals surface area contributed by atoms with Gasteiger partial charge in [0, 0.05) is 23.9 Å². The molecule has 0 aromatic heterocycles. The molecule has 0 atom stereocenters. The average Bonchev–Trinajstić information content (AvgIpc) is 2.83. The molecule has 0 unspecified atom stereocenters. The second-order valence-electron chi connectivity index (χ2n) is 7.66. The first-order valence-corrected chi connectivity index (χ1v) is 11.6. The molecule has 0 spiro atoms. The Bertz CT molecular complexity index is 877. The average molecular weight is 454 g/mol. The zero-order valence-corrected chi connectivity index (χ0v) is 19.5. The molecule has 0 bridgehead atoms. The lowest BCUT2D eigenvalue weighted by molar-refractivity contribution is -0.137. The number of carbonyl (C=O) groups is 1. The van der Waals surface area contributed by atoms with Gasteiger partial charge in [-0.05, 0) is 68.5 Å². The van der Waals surface area contributed by atoms with E-state index >= 15 is 0 Å². The first kappa shape index (κ1) is 26.0. The fourth-order valence-corrected chi connectivity index (χ4v) is 3.02. The summed E-state index contributed by atoms with van der Waals surface area (Å²) in [6.45, 7) is 7.24. The van der Waals surface area contributed by atoms with Crippen LogP contribution in [0.5, 0.6) is 17.2 Å². The number of aromatic hydroxyl groups is 1. The number of phenols is 1. The van der Waals surface area contributed by atoms with Crippen LogP contribution in [0, 0.1) is 0 Å². The normalized spacial score (nSPS) is 10.8. The van der Waals surface area contributed by atoms with Crippen molar-refractivity contribution in [2.45, 2.75) is 51.9 Å². The summed E-state index contributed by atoms with van der Waals surface area (Å²) < 4.78 is 16.4. The summed E-state index contributed by atoms with van der Waals surface area (Å²) >= 11 is 0. The van der Waals surface area contributed by atoms with Crippen molar-refractivity contribution in [3.8, 4) is 17.2 Å². The predicted octanol–water partition coefficient (Wildman–Crippen LogP) is 6.38. The van der Waals surface area contributed by atoms with E-state index in [-0.39, 0.29) is 11.7 Å². The number of phenolic OH excluding ortho intramolecular Hbond substituents is 1. The van der Waals surface area contributed by atoms with Crippen LogP contribution in [0.3, 0.4) is 0 Å². The number of hydrogen-bond acceptors (Lipinski definition) is 6. The summed E-state index contributed by atoms with van der Waals surface area (Å²) in [6, 6.07) is 12.8. The highest BCUT2D eigenvalue weighted by Gasteiger charge is 2.03. The molecular weight excluding hydrogens is 418 g/mol. The van der Waals surface area contributed by atoms with Crippen LogP contribution >= 0.6 is 0 Å². The molecule has 0 amide bonds. The largest absolute Gasteiger partial charge is 0.507 e. The number of ether oxygens (including phenoxy) is 3. The van der Waals surface area contributed by atoms with Crippen molar-refractivity contribution in [1.29, 1.82) is 0 Å². The smallest absolute Gasteiger partial charge is 0.330 e. The number of rotatable bonds is 16. The van der Waals surface area contributed by atoms with Crippen LogP contribution in [0.1, 0.15) is 57.4 Å². The van der Waals surface area contributed by atoms with E-state index < -0.39 is 0 Å². The van der Waals surface area contributed by atoms with Gasteiger partial charge in [0.1, 0.15) is 17.2 Å². The van der Waals surface area contributed by atoms with Gasteiger partial charge in [0.15, 0.2) is 0 Å². The van der Waals surface area contributed by atoms with Crippen molar-refractivity contribution in [2.24, 2.45) is 4.99 Å². The lowest BCUT2D eigenvalue weighted by Crippen LogP contribution is -2.02. The van der Waals surface area contributed by atoms with E-state index in [9.17, 15) is 9.90 Å². The second-order valence-corrected chi connectivity index (χ2v) is 7.66. The fraction of sp³-hybridized carbons (Fsp3) is 0.407. The molecule has 2 rings (SSSR count). The summed E-state index contributed by atoms with van der Waals surface area (Å²) in [6.07, 6.45) is 9.86. The van der Waals surface area contributed by atoms with E-state index in [0.717, 1.165) is 50.1 Å². The number of unbranched alkanes of at least 4 members (excludes halogenated alkanes) is 5. The van der Waals surface area contributed by atoms with Crippen LogP contribution in [0.2, 0.25) is 0 Å². The highest BCUT2D eigenvalue weighted by Crippen LogP contribution is 2.24. The molecule has 0 radical (unpaired) electrons. The summed E-state index contributed by atoms with van der Waals surface area (Å²) in [7, 11) is 0. The van der Waals surface area contributed by atoms with E-state index in [1.807, 2.05) is 30.3 Å². The standard InChI is InChI=1S/C27H35NO5/c1-3-5-8-17-31-24-15-12-23(13-16-24)28-21-22-11-14-25(20-26(22)29)32-18-9-6-7-10-19-33-27(30)4-2/h4,11-16,20-21,29H,2-3,5-10,17-19H2,1H3. The molecule has 0 aliphatic rings. The zero-order valence-electron chi connectivity index (χ0n) is 19.5. The predicted molar refractivity (Wildman–Crippen MR) is 132 cm³/mol. The highest BCUT2D eigenvalue weighted by atomic mass is 16.5. The monoisotopic (exact) mass is 453 g/mol. The number of benzene rings is 2. The van der Waals surface area contributed by atoms with Crippen molar-refractivity contribution < 1.29 is 24.1 Å². The Morgan fingerprint density at radius 1 is 0.909 bits per heavy atom. The van der Waals surface area contributed by atoms with Gasteiger partial charge in [0.25, 0.3) is 0 Å². The number of hydrogen-bond donors (Lipinski definition) is 1. The first-order chi connectivity index (χ1) is 16.1. The van der Waals surface area contributed by atoms with Gasteiger partial charge in [-0.2, -0.15) is 0 Å². The molecule has 0 saturated carbocycles. The van der Waals surface area contributed by atoms with Crippen LogP contribution < -0.4 is 9.47 Å². The van der Waals surface area contributed by atoms with Crippen molar-refractivity contribution in [3.63, 3.8) is 0 Å². The fourth-order valence-electron chi connectivity index (χ4n) is 3.02. The third kappa shape index (κ3) is 10.7. The molecule has 0 heterocycles. The molecule has 6 heteroatoms. The molecule has 6 nitrogen and oxygen atoms in total. The Balaban J connectivity index is 1.70. The van der Waals surface area contributed by atoms with E-state index in [0.29, 0.717) is 24.5 Å². The topological polar surface area (TPSA) is 77.4 Å². The van der Waals surface area contributed by atoms with Gasteiger partial charge in [-0.15, -0.1) is 0 Å². The Hall–Kier alpha value is -3.28. The SMILES string of the molecule is C=CC(=O)OCCCCCCOc1ccc(C=Nc2ccc(OCCCCC)cc2)c(O)c1. The van der Waals surface area contributed by atoms with Gasteiger partial charge in [0.05, 0.1) is 25.5 Å². The van der Waals surface area contributed by atoms with Gasteiger partial charge >= 0.3 is 5.97 Å². The Kier molecular flexibility index (Phi) is 12.2. The molecule has 2 aromatic rings. The molecule has 0 fully saturated rings. The van der Waals surface area contributed by atoms with Gasteiger partial charge < -0.3 is 19.3 Å². The number of aliphatic imine (C=N–C) groups is 1. The number of esters is 1. The van der Waals surface area contributed by atoms with Crippen molar-refractivity contribution in [3.05, 3.63) is 60.7 Å². The minimum absolute atomic E-state index is 0.121. The minimum atomic E-state index is -0.382. The Morgan fingerprint density at radius 3 is 2.21 bits per heavy atom. The summed E-state index contributed by atoms with van der Waals surface area (Å²) in [5, 5.41) is 10.3. The van der Waals surface area contributed by atoms with Crippen LogP contribution in [0.4, 0.5) is 5.69 Å². The molecule has 2 aromatic carbocycles. The van der Waals surface area contributed by atoms with E-state index in [2.05, 4.69) is 18.5 Å². The van der Waals surface area contributed by atoms with Crippen molar-refractivity contribution >= 4 is 17.9 Å². The molecule has 0 aliphatic carbocycles. The Labute approximate surface area is 196 Å². The Morgan fingerprint density at radius 2 is 1.55 bits per heavy atom. The van der Waals surface area contributed by atoms with E-state index in [1.165, 1.54) is 18.9 Å². The molecule has 0 saturated heterocycles. The van der Waals surface area contributed by atoms with Crippen LogP contribution in [-0.4, -0.2) is 37.1 Å². The first-order valence-electron chi connectivity index (χ1n) is 11.6. The molecular formula is C27H35NO5. The summed E-state index contributed by atoms with van der Waals surface area (Å²) in [5.41, 5.74) is 1.41. The summed E-state index contributed by atoms with van der Waals surface area (Å²) in [4.78, 5) is 15.4.